The Labute approximate surface area is 47.2 Å². The van der Waals surface area contributed by atoms with E-state index in [9.17, 15) is 4.79 Å². The van der Waals surface area contributed by atoms with Crippen LogP contribution in [0.1, 0.15) is 0 Å². The molecular formula is C3H7NO2S. The van der Waals surface area contributed by atoms with Crippen molar-refractivity contribution in [2.75, 3.05) is 5.75 Å². The summed E-state index contributed by atoms with van der Waals surface area (Å²) >= 11 is 3.74. The highest BCUT2D eigenvalue weighted by Crippen LogP contribution is 1.80. The van der Waals surface area contributed by atoms with Crippen LogP contribution in [0, 0.1) is 0 Å². The number of rotatable bonds is 3. The number of carbonyl (C=O) groups excluding carboxylic acids is 1. The third kappa shape index (κ3) is 3.61. The fourth-order valence-electron chi connectivity index (χ4n) is 0.114. The lowest BCUT2D eigenvalue weighted by molar-refractivity contribution is -0.132. The van der Waals surface area contributed by atoms with Crippen molar-refractivity contribution in [1.29, 1.82) is 0 Å². The molecule has 0 amide bonds. The summed E-state index contributed by atoms with van der Waals surface area (Å²) in [6, 6.07) is 0. The maximum Gasteiger partial charge on any atom is 0.294 e. The molecular weight excluding hydrogens is 114 g/mol. The van der Waals surface area contributed by atoms with Gasteiger partial charge in [-0.1, -0.05) is 0 Å². The smallest absolute Gasteiger partial charge is 0.294 e. The number of carbonyl (C=O) groups is 1. The first-order valence-electron chi connectivity index (χ1n) is 1.76. The average molecular weight is 121 g/mol. The van der Waals surface area contributed by atoms with E-state index in [1.807, 2.05) is 0 Å². The van der Waals surface area contributed by atoms with Crippen LogP contribution in [0.5, 0.6) is 0 Å². The molecule has 0 aromatic rings. The average Bonchev–Trinajstić information content (AvgIpc) is 1.68. The largest absolute Gasteiger partial charge is 0.448 e. The lowest BCUT2D eigenvalue weighted by Crippen LogP contribution is -2.24. The molecule has 0 rings (SSSR count). The molecule has 0 aliphatic heterocycles. The van der Waals surface area contributed by atoms with Crippen LogP contribution in [0.25, 0.3) is 0 Å². The van der Waals surface area contributed by atoms with Gasteiger partial charge in [0, 0.05) is 5.75 Å². The summed E-state index contributed by atoms with van der Waals surface area (Å²) in [6.07, 6.45) is -0.555. The summed E-state index contributed by atoms with van der Waals surface area (Å²) in [5.74, 6) is 0.360. The van der Waals surface area contributed by atoms with E-state index in [1.54, 1.807) is 0 Å². The Hall–Kier alpha value is -0.220. The van der Waals surface area contributed by atoms with Crippen LogP contribution < -0.4 is 5.73 Å². The van der Waals surface area contributed by atoms with Gasteiger partial charge in [0.1, 0.15) is 0 Å². The first-order valence-corrected chi connectivity index (χ1v) is 2.40. The molecule has 0 bridgehead atoms. The van der Waals surface area contributed by atoms with Crippen molar-refractivity contribution < 1.29 is 9.53 Å². The minimum atomic E-state index is -0.555. The zero-order chi connectivity index (χ0) is 5.70. The Morgan fingerprint density at radius 2 is 2.57 bits per heavy atom. The Bertz CT molecular complexity index is 58.9. The Morgan fingerprint density at radius 1 is 2.00 bits per heavy atom. The molecule has 0 aromatic heterocycles. The van der Waals surface area contributed by atoms with Crippen molar-refractivity contribution in [3.05, 3.63) is 0 Å². The van der Waals surface area contributed by atoms with Gasteiger partial charge < -0.3 is 4.74 Å². The number of ether oxygens (including phenoxy) is 1. The molecule has 0 saturated carbocycles. The molecule has 4 heteroatoms. The summed E-state index contributed by atoms with van der Waals surface area (Å²) in [7, 11) is 0. The fourth-order valence-corrected chi connectivity index (χ4v) is 0.200. The van der Waals surface area contributed by atoms with Crippen LogP contribution in [-0.2, 0) is 9.53 Å². The van der Waals surface area contributed by atoms with Crippen LogP contribution >= 0.6 is 12.6 Å². The molecule has 7 heavy (non-hydrogen) atoms. The molecule has 0 saturated heterocycles. The van der Waals surface area contributed by atoms with E-state index in [2.05, 4.69) is 17.4 Å². The number of hydrogen-bond acceptors (Lipinski definition) is 4. The molecule has 3 nitrogen and oxygen atoms in total. The van der Waals surface area contributed by atoms with Gasteiger partial charge in [-0.15, -0.1) is 0 Å². The molecule has 42 valence electrons. The number of thiol groups is 1. The van der Waals surface area contributed by atoms with E-state index < -0.39 is 6.23 Å². The highest BCUT2D eigenvalue weighted by molar-refractivity contribution is 7.80. The normalized spacial score (nSPS) is 12.9. The summed E-state index contributed by atoms with van der Waals surface area (Å²) in [6.45, 7) is 0.306. The van der Waals surface area contributed by atoms with Crippen LogP contribution in [0.4, 0.5) is 0 Å². The Morgan fingerprint density at radius 3 is 2.71 bits per heavy atom. The molecule has 0 spiro atoms. The third-order valence-corrected chi connectivity index (χ3v) is 0.770. The Kier molecular flexibility index (Phi) is 3.83. The van der Waals surface area contributed by atoms with Gasteiger partial charge in [-0.05, 0) is 0 Å². The maximum absolute atomic E-state index is 9.44. The maximum atomic E-state index is 9.44. The van der Waals surface area contributed by atoms with Crippen molar-refractivity contribution >= 4 is 19.1 Å². The minimum absolute atomic E-state index is 0.306. The van der Waals surface area contributed by atoms with Gasteiger partial charge in [-0.25, -0.2) is 0 Å². The lowest BCUT2D eigenvalue weighted by Gasteiger charge is -2.01. The molecule has 0 aliphatic carbocycles. The summed E-state index contributed by atoms with van der Waals surface area (Å²) in [5, 5.41) is 0. The fraction of sp³-hybridized carbons (Fsp3) is 0.667. The van der Waals surface area contributed by atoms with Gasteiger partial charge in [-0.3, -0.25) is 10.5 Å². The summed E-state index contributed by atoms with van der Waals surface area (Å²) in [5.41, 5.74) is 5.05. The van der Waals surface area contributed by atoms with Crippen molar-refractivity contribution in [3.8, 4) is 0 Å². The predicted molar refractivity (Wildman–Crippen MR) is 29.0 cm³/mol. The Balaban J connectivity index is 2.98. The first-order chi connectivity index (χ1) is 3.31. The zero-order valence-corrected chi connectivity index (χ0v) is 4.60. The topological polar surface area (TPSA) is 52.3 Å². The second-order valence-corrected chi connectivity index (χ2v) is 1.32. The molecule has 2 N–H and O–H groups in total. The molecule has 0 radical (unpaired) electrons. The van der Waals surface area contributed by atoms with E-state index in [-0.39, 0.29) is 0 Å². The monoisotopic (exact) mass is 121 g/mol. The van der Waals surface area contributed by atoms with Crippen molar-refractivity contribution in [3.63, 3.8) is 0 Å². The predicted octanol–water partition coefficient (Wildman–Crippen LogP) is -0.626. The molecule has 0 aromatic carbocycles. The van der Waals surface area contributed by atoms with Gasteiger partial charge in [0.25, 0.3) is 6.47 Å². The zero-order valence-electron chi connectivity index (χ0n) is 3.70. The number of nitrogens with two attached hydrogens (primary N) is 1. The van der Waals surface area contributed by atoms with Crippen LogP contribution in [0.2, 0.25) is 0 Å². The lowest BCUT2D eigenvalue weighted by atomic mass is 10.7. The van der Waals surface area contributed by atoms with Crippen molar-refractivity contribution in [1.82, 2.24) is 0 Å². The standard InChI is InChI=1S/C3H7NO2S/c4-3(1-7)6-2-5/h2-3,7H,1,4H2/t3-/m1/s1. The molecule has 0 fully saturated rings. The van der Waals surface area contributed by atoms with Gasteiger partial charge >= 0.3 is 0 Å². The SMILES string of the molecule is N[C@@H](CS)OC=O. The highest BCUT2D eigenvalue weighted by atomic mass is 32.1. The summed E-state index contributed by atoms with van der Waals surface area (Å²) < 4.78 is 4.21. The van der Waals surface area contributed by atoms with Crippen molar-refractivity contribution in [2.45, 2.75) is 6.23 Å². The quantitative estimate of drug-likeness (QED) is 0.297. The van der Waals surface area contributed by atoms with Crippen LogP contribution in [0.15, 0.2) is 0 Å². The van der Waals surface area contributed by atoms with E-state index in [4.69, 9.17) is 5.73 Å². The first kappa shape index (κ1) is 6.78. The molecule has 0 unspecified atom stereocenters. The van der Waals surface area contributed by atoms with Crippen molar-refractivity contribution in [2.24, 2.45) is 5.73 Å². The van der Waals surface area contributed by atoms with E-state index >= 15 is 0 Å². The van der Waals surface area contributed by atoms with E-state index in [0.717, 1.165) is 0 Å². The highest BCUT2D eigenvalue weighted by Gasteiger charge is 1.93. The molecule has 1 atom stereocenters. The van der Waals surface area contributed by atoms with E-state index in [0.29, 0.717) is 12.2 Å². The second kappa shape index (κ2) is 3.95. The molecule has 0 aliphatic rings. The van der Waals surface area contributed by atoms with Crippen LogP contribution in [-0.4, -0.2) is 18.5 Å². The van der Waals surface area contributed by atoms with E-state index in [1.165, 1.54) is 0 Å². The number of hydrogen-bond donors (Lipinski definition) is 2. The van der Waals surface area contributed by atoms with Gasteiger partial charge in [0.15, 0.2) is 6.23 Å². The van der Waals surface area contributed by atoms with Gasteiger partial charge in [0.05, 0.1) is 0 Å². The second-order valence-electron chi connectivity index (χ2n) is 0.953. The molecule has 0 heterocycles. The van der Waals surface area contributed by atoms with Crippen LogP contribution in [0.3, 0.4) is 0 Å². The summed E-state index contributed by atoms with van der Waals surface area (Å²) in [4.78, 5) is 9.44. The van der Waals surface area contributed by atoms with Gasteiger partial charge in [-0.2, -0.15) is 12.6 Å². The third-order valence-electron chi connectivity index (χ3n) is 0.410. The minimum Gasteiger partial charge on any atom is -0.448 e. The van der Waals surface area contributed by atoms with Gasteiger partial charge in [0.2, 0.25) is 0 Å².